The summed E-state index contributed by atoms with van der Waals surface area (Å²) < 4.78 is 29.9. The first-order valence-electron chi connectivity index (χ1n) is 8.43. The zero-order chi connectivity index (χ0) is 21.0. The molecule has 8 nitrogen and oxygen atoms in total. The monoisotopic (exact) mass is 496 g/mol. The topological polar surface area (TPSA) is 109 Å². The summed E-state index contributed by atoms with van der Waals surface area (Å²) in [4.78, 5) is 24.9. The fraction of sp³-hybridized carbons (Fsp3) is 0.111. The Bertz CT molecular complexity index is 1140. The average Bonchev–Trinajstić information content (AvgIpc) is 3.36. The van der Waals surface area contributed by atoms with Gasteiger partial charge in [0.05, 0.1) is 11.3 Å². The molecule has 2 amide bonds. The van der Waals surface area contributed by atoms with Gasteiger partial charge in [0.2, 0.25) is 0 Å². The third kappa shape index (κ3) is 4.86. The van der Waals surface area contributed by atoms with Gasteiger partial charge in [0.25, 0.3) is 21.8 Å². The Hall–Kier alpha value is -2.63. The molecule has 3 aromatic rings. The maximum Gasteiger partial charge on any atom is 0.286 e. The van der Waals surface area contributed by atoms with Crippen LogP contribution in [-0.4, -0.2) is 24.8 Å². The molecule has 0 aliphatic carbocycles. The van der Waals surface area contributed by atoms with Crippen LogP contribution in [0.15, 0.2) is 62.7 Å². The number of amides is 2. The van der Waals surface area contributed by atoms with Crippen molar-refractivity contribution in [2.24, 2.45) is 0 Å². The second-order valence-corrected chi connectivity index (χ2v) is 9.59. The number of rotatable bonds is 6. The van der Waals surface area contributed by atoms with Gasteiger partial charge in [-0.2, -0.15) is 0 Å². The van der Waals surface area contributed by atoms with Crippen LogP contribution in [0.4, 0.5) is 5.69 Å². The van der Waals surface area contributed by atoms with Gasteiger partial charge in [0.15, 0.2) is 0 Å². The summed E-state index contributed by atoms with van der Waals surface area (Å²) in [5.74, 6) is -1.15. The lowest BCUT2D eigenvalue weighted by Gasteiger charge is -2.13. The molecule has 11 heteroatoms. The van der Waals surface area contributed by atoms with Gasteiger partial charge in [-0.05, 0) is 52.5 Å². The number of carbonyl (C=O) groups excluding carboxylic acids is 2. The number of nitrogens with one attached hydrogen (secondary N) is 3. The maximum atomic E-state index is 12.6. The number of sulfonamides is 1. The lowest BCUT2D eigenvalue weighted by atomic mass is 10.2. The highest BCUT2D eigenvalue weighted by Crippen LogP contribution is 2.22. The Morgan fingerprint density at radius 2 is 1.83 bits per heavy atom. The summed E-state index contributed by atoms with van der Waals surface area (Å²) in [6.07, 6.45) is 1.76. The number of hydrazine groups is 1. The quantitative estimate of drug-likeness (QED) is 0.455. The van der Waals surface area contributed by atoms with Crippen LogP contribution >= 0.6 is 27.3 Å². The van der Waals surface area contributed by atoms with E-state index < -0.39 is 21.8 Å². The van der Waals surface area contributed by atoms with Gasteiger partial charge >= 0.3 is 0 Å². The van der Waals surface area contributed by atoms with Crippen LogP contribution in [0.2, 0.25) is 0 Å². The van der Waals surface area contributed by atoms with E-state index in [1.54, 1.807) is 40.4 Å². The number of halogens is 1. The van der Waals surface area contributed by atoms with Gasteiger partial charge in [0, 0.05) is 17.2 Å². The molecule has 0 bridgehead atoms. The van der Waals surface area contributed by atoms with Crippen molar-refractivity contribution < 1.29 is 18.0 Å². The highest BCUT2D eigenvalue weighted by atomic mass is 79.9. The lowest BCUT2D eigenvalue weighted by Crippen LogP contribution is -2.42. The number of hydrogen-bond acceptors (Lipinski definition) is 5. The van der Waals surface area contributed by atoms with Gasteiger partial charge in [-0.25, -0.2) is 8.42 Å². The minimum Gasteiger partial charge on any atom is -0.343 e. The Labute approximate surface area is 180 Å². The van der Waals surface area contributed by atoms with Gasteiger partial charge in [-0.3, -0.25) is 25.2 Å². The molecule has 0 radical (unpaired) electrons. The average molecular weight is 497 g/mol. The predicted molar refractivity (Wildman–Crippen MR) is 114 cm³/mol. The van der Waals surface area contributed by atoms with Crippen LogP contribution in [-0.2, 0) is 16.6 Å². The first-order valence-corrected chi connectivity index (χ1v) is 11.6. The molecule has 0 fully saturated rings. The molecule has 0 aliphatic rings. The zero-order valence-corrected chi connectivity index (χ0v) is 18.4. The van der Waals surface area contributed by atoms with E-state index in [1.165, 1.54) is 18.2 Å². The number of para-hydroxylation sites is 1. The van der Waals surface area contributed by atoms with Crippen LogP contribution in [0, 0.1) is 0 Å². The predicted octanol–water partition coefficient (Wildman–Crippen LogP) is 3.21. The number of nitrogens with zero attached hydrogens (tertiary/aromatic N) is 1. The molecule has 0 aliphatic heterocycles. The van der Waals surface area contributed by atoms with E-state index in [4.69, 9.17) is 0 Å². The van der Waals surface area contributed by atoms with E-state index in [9.17, 15) is 18.0 Å². The third-order valence-corrected chi connectivity index (χ3v) is 7.10. The lowest BCUT2D eigenvalue weighted by molar-refractivity contribution is 0.0842. The largest absolute Gasteiger partial charge is 0.343 e. The van der Waals surface area contributed by atoms with E-state index in [0.717, 1.165) is 15.8 Å². The second kappa shape index (κ2) is 8.80. The van der Waals surface area contributed by atoms with Gasteiger partial charge in [-0.1, -0.05) is 18.2 Å². The summed E-state index contributed by atoms with van der Waals surface area (Å²) in [7, 11) is -3.81. The minimum atomic E-state index is -3.81. The van der Waals surface area contributed by atoms with E-state index in [0.29, 0.717) is 12.2 Å². The van der Waals surface area contributed by atoms with Crippen molar-refractivity contribution in [2.45, 2.75) is 17.7 Å². The van der Waals surface area contributed by atoms with Crippen molar-refractivity contribution in [2.75, 3.05) is 4.72 Å². The van der Waals surface area contributed by atoms with E-state index in [2.05, 4.69) is 31.5 Å². The SMILES string of the molecule is CCn1cc(Br)cc1C(=O)NNC(=O)c1ccccc1NS(=O)(=O)c1cccs1. The molecule has 0 unspecified atom stereocenters. The first-order chi connectivity index (χ1) is 13.8. The molecule has 29 heavy (non-hydrogen) atoms. The highest BCUT2D eigenvalue weighted by molar-refractivity contribution is 9.10. The molecule has 2 aromatic heterocycles. The van der Waals surface area contributed by atoms with Crippen LogP contribution < -0.4 is 15.6 Å². The van der Waals surface area contributed by atoms with Crippen molar-refractivity contribution in [1.29, 1.82) is 0 Å². The highest BCUT2D eigenvalue weighted by Gasteiger charge is 2.20. The number of thiophene rings is 1. The normalized spacial score (nSPS) is 11.1. The molecule has 3 rings (SSSR count). The van der Waals surface area contributed by atoms with E-state index in [-0.39, 0.29) is 15.5 Å². The molecule has 1 aromatic carbocycles. The number of benzene rings is 1. The molecule has 152 valence electrons. The molecule has 0 spiro atoms. The van der Waals surface area contributed by atoms with Crippen molar-refractivity contribution >= 4 is 54.8 Å². The molecule has 3 N–H and O–H groups in total. The number of aromatic nitrogens is 1. The molecule has 0 saturated carbocycles. The Morgan fingerprint density at radius 1 is 1.10 bits per heavy atom. The van der Waals surface area contributed by atoms with E-state index >= 15 is 0 Å². The number of hydrogen-bond donors (Lipinski definition) is 3. The summed E-state index contributed by atoms with van der Waals surface area (Å²) in [5.41, 5.74) is 5.21. The van der Waals surface area contributed by atoms with Crippen molar-refractivity contribution in [3.63, 3.8) is 0 Å². The summed E-state index contributed by atoms with van der Waals surface area (Å²) in [6.45, 7) is 2.47. The van der Waals surface area contributed by atoms with Gasteiger partial charge in [-0.15, -0.1) is 11.3 Å². The summed E-state index contributed by atoms with van der Waals surface area (Å²) in [5, 5.41) is 1.65. The van der Waals surface area contributed by atoms with Crippen LogP contribution in [0.3, 0.4) is 0 Å². The van der Waals surface area contributed by atoms with Crippen LogP contribution in [0.25, 0.3) is 0 Å². The fourth-order valence-electron chi connectivity index (χ4n) is 2.55. The third-order valence-electron chi connectivity index (χ3n) is 3.90. The van der Waals surface area contributed by atoms with Crippen molar-refractivity contribution in [1.82, 2.24) is 15.4 Å². The van der Waals surface area contributed by atoms with Crippen molar-refractivity contribution in [3.8, 4) is 0 Å². The molecular formula is C18H17BrN4O4S2. The van der Waals surface area contributed by atoms with Gasteiger partial charge < -0.3 is 4.57 Å². The standard InChI is InChI=1S/C18H17BrN4O4S2/c1-2-23-11-12(19)10-15(23)18(25)21-20-17(24)13-6-3-4-7-14(13)22-29(26,27)16-8-5-9-28-16/h3-11,22H,2H2,1H3,(H,20,24)(H,21,25). The summed E-state index contributed by atoms with van der Waals surface area (Å²) >= 11 is 4.38. The number of carbonyl (C=O) groups is 2. The molecular weight excluding hydrogens is 480 g/mol. The molecule has 0 atom stereocenters. The number of aryl methyl sites for hydroxylation is 1. The van der Waals surface area contributed by atoms with Crippen molar-refractivity contribution in [3.05, 3.63) is 69.8 Å². The Morgan fingerprint density at radius 3 is 2.52 bits per heavy atom. The summed E-state index contributed by atoms with van der Waals surface area (Å²) in [6, 6.07) is 10.9. The maximum absolute atomic E-state index is 12.6. The van der Waals surface area contributed by atoms with Gasteiger partial charge in [0.1, 0.15) is 9.90 Å². The van der Waals surface area contributed by atoms with Crippen LogP contribution in [0.5, 0.6) is 0 Å². The number of anilines is 1. The zero-order valence-electron chi connectivity index (χ0n) is 15.2. The molecule has 0 saturated heterocycles. The molecule has 2 heterocycles. The Kier molecular flexibility index (Phi) is 6.40. The smallest absolute Gasteiger partial charge is 0.286 e. The minimum absolute atomic E-state index is 0.0694. The first kappa shape index (κ1) is 21.1. The fourth-order valence-corrected chi connectivity index (χ4v) is 5.09. The second-order valence-electron chi connectivity index (χ2n) is 5.82. The van der Waals surface area contributed by atoms with E-state index in [1.807, 2.05) is 6.92 Å². The van der Waals surface area contributed by atoms with Crippen LogP contribution in [0.1, 0.15) is 27.8 Å². The Balaban J connectivity index is 1.74.